The van der Waals surface area contributed by atoms with Crippen LogP contribution in [0.15, 0.2) is 42.9 Å². The number of amides is 4. The number of imide groups is 1. The minimum Gasteiger partial charge on any atom is -0.376 e. The van der Waals surface area contributed by atoms with Crippen molar-refractivity contribution < 1.29 is 19.2 Å². The van der Waals surface area contributed by atoms with Gasteiger partial charge in [-0.15, -0.1) is 0 Å². The van der Waals surface area contributed by atoms with Gasteiger partial charge in [0.25, 0.3) is 5.91 Å². The second-order valence-corrected chi connectivity index (χ2v) is 7.61. The molecule has 0 spiro atoms. The molecule has 1 unspecified atom stereocenters. The molecule has 2 aromatic heterocycles. The van der Waals surface area contributed by atoms with Crippen molar-refractivity contribution in [2.45, 2.75) is 25.4 Å². The third-order valence-electron chi connectivity index (χ3n) is 5.58. The van der Waals surface area contributed by atoms with E-state index in [9.17, 15) is 19.2 Å². The highest BCUT2D eigenvalue weighted by Gasteiger charge is 2.39. The Morgan fingerprint density at radius 3 is 2.91 bits per heavy atom. The molecule has 32 heavy (non-hydrogen) atoms. The number of pyridine rings is 1. The lowest BCUT2D eigenvalue weighted by Gasteiger charge is -2.29. The van der Waals surface area contributed by atoms with Crippen molar-refractivity contribution in [1.82, 2.24) is 24.8 Å². The summed E-state index contributed by atoms with van der Waals surface area (Å²) in [5.74, 6) is -1.32. The summed E-state index contributed by atoms with van der Waals surface area (Å²) >= 11 is 0. The van der Waals surface area contributed by atoms with Crippen molar-refractivity contribution in [3.05, 3.63) is 54.0 Å². The predicted molar refractivity (Wildman–Crippen MR) is 113 cm³/mol. The van der Waals surface area contributed by atoms with Gasteiger partial charge in [0.1, 0.15) is 12.4 Å². The monoisotopic (exact) mass is 433 g/mol. The maximum atomic E-state index is 12.9. The van der Waals surface area contributed by atoms with E-state index in [0.29, 0.717) is 29.0 Å². The van der Waals surface area contributed by atoms with E-state index in [-0.39, 0.29) is 37.2 Å². The average Bonchev–Trinajstić information content (AvgIpc) is 3.37. The number of nitrogens with zero attached hydrogens (tertiary/aromatic N) is 4. The molecule has 0 aliphatic carbocycles. The first kappa shape index (κ1) is 19.7. The Hall–Kier alpha value is -4.28. The van der Waals surface area contributed by atoms with Crippen LogP contribution in [0.25, 0.3) is 5.65 Å². The van der Waals surface area contributed by atoms with E-state index >= 15 is 0 Å². The van der Waals surface area contributed by atoms with Crippen molar-refractivity contribution in [1.29, 1.82) is 0 Å². The van der Waals surface area contributed by atoms with Crippen LogP contribution in [-0.4, -0.2) is 55.7 Å². The topological polar surface area (TPSA) is 138 Å². The Balaban J connectivity index is 1.26. The van der Waals surface area contributed by atoms with E-state index in [1.165, 1.54) is 11.2 Å². The Morgan fingerprint density at radius 1 is 1.19 bits per heavy atom. The van der Waals surface area contributed by atoms with Crippen LogP contribution in [0.1, 0.15) is 28.8 Å². The predicted octanol–water partition coefficient (Wildman–Crippen LogP) is 0.541. The van der Waals surface area contributed by atoms with Crippen LogP contribution in [-0.2, 0) is 20.9 Å². The van der Waals surface area contributed by atoms with Crippen molar-refractivity contribution in [3.63, 3.8) is 0 Å². The highest BCUT2D eigenvalue weighted by Crippen LogP contribution is 2.32. The molecule has 11 nitrogen and oxygen atoms in total. The molecule has 4 heterocycles. The van der Waals surface area contributed by atoms with Crippen molar-refractivity contribution in [2.75, 3.05) is 17.2 Å². The second kappa shape index (κ2) is 7.76. The molecule has 5 rings (SSSR count). The number of hydrogen-bond acceptors (Lipinski definition) is 7. The lowest BCUT2D eigenvalue weighted by atomic mass is 10.0. The molecule has 0 radical (unpaired) electrons. The molecule has 1 atom stereocenters. The SMILES string of the molecule is O=C1CCC(N2Cc3c(NCC(=O)Nc4ccc5ncnn5c4)cccc3C2=O)C(=O)N1. The largest absolute Gasteiger partial charge is 0.376 e. The fourth-order valence-electron chi connectivity index (χ4n) is 4.02. The fourth-order valence-corrected chi connectivity index (χ4v) is 4.02. The lowest BCUT2D eigenvalue weighted by molar-refractivity contribution is -0.137. The first-order valence-corrected chi connectivity index (χ1v) is 10.1. The van der Waals surface area contributed by atoms with Gasteiger partial charge in [-0.1, -0.05) is 6.07 Å². The molecule has 2 aliphatic heterocycles. The summed E-state index contributed by atoms with van der Waals surface area (Å²) in [5, 5.41) is 12.2. The summed E-state index contributed by atoms with van der Waals surface area (Å²) < 4.78 is 1.56. The van der Waals surface area contributed by atoms with Crippen LogP contribution in [0.3, 0.4) is 0 Å². The molecule has 1 saturated heterocycles. The van der Waals surface area contributed by atoms with Crippen LogP contribution in [0, 0.1) is 0 Å². The summed E-state index contributed by atoms with van der Waals surface area (Å²) in [4.78, 5) is 54.5. The van der Waals surface area contributed by atoms with Gasteiger partial charge < -0.3 is 15.5 Å². The molecule has 162 valence electrons. The molecule has 0 saturated carbocycles. The summed E-state index contributed by atoms with van der Waals surface area (Å²) in [7, 11) is 0. The molecule has 1 fully saturated rings. The number of rotatable bonds is 5. The molecule has 3 aromatic rings. The van der Waals surface area contributed by atoms with Gasteiger partial charge in [0.05, 0.1) is 18.4 Å². The minimum absolute atomic E-state index is 0.0154. The fraction of sp³-hybridized carbons (Fsp3) is 0.238. The zero-order chi connectivity index (χ0) is 22.2. The van der Waals surface area contributed by atoms with Crippen LogP contribution >= 0.6 is 0 Å². The quantitative estimate of drug-likeness (QED) is 0.499. The number of piperidine rings is 1. The number of fused-ring (bicyclic) bond motifs is 2. The first-order valence-electron chi connectivity index (χ1n) is 10.1. The number of carbonyl (C=O) groups is 4. The van der Waals surface area contributed by atoms with Crippen LogP contribution in [0.5, 0.6) is 0 Å². The number of carbonyl (C=O) groups excluding carboxylic acids is 4. The van der Waals surface area contributed by atoms with Crippen molar-refractivity contribution in [3.8, 4) is 0 Å². The number of nitrogens with one attached hydrogen (secondary N) is 3. The van der Waals surface area contributed by atoms with Crippen LogP contribution < -0.4 is 16.0 Å². The normalized spacial score (nSPS) is 17.9. The first-order chi connectivity index (χ1) is 15.5. The average molecular weight is 433 g/mol. The van der Waals surface area contributed by atoms with Gasteiger partial charge >= 0.3 is 0 Å². The number of hydrogen-bond donors (Lipinski definition) is 3. The third kappa shape index (κ3) is 3.53. The minimum atomic E-state index is -0.685. The molecule has 0 bridgehead atoms. The van der Waals surface area contributed by atoms with Gasteiger partial charge in [0.15, 0.2) is 5.65 Å². The number of anilines is 2. The van der Waals surface area contributed by atoms with Crippen molar-refractivity contribution >= 4 is 40.7 Å². The van der Waals surface area contributed by atoms with Gasteiger partial charge in [-0.25, -0.2) is 9.50 Å². The third-order valence-corrected chi connectivity index (χ3v) is 5.58. The number of benzene rings is 1. The smallest absolute Gasteiger partial charge is 0.255 e. The van der Waals surface area contributed by atoms with Gasteiger partial charge in [-0.05, 0) is 30.7 Å². The lowest BCUT2D eigenvalue weighted by Crippen LogP contribution is -2.52. The molecule has 4 amide bonds. The van der Waals surface area contributed by atoms with E-state index in [1.807, 2.05) is 0 Å². The van der Waals surface area contributed by atoms with E-state index in [0.717, 1.165) is 5.56 Å². The van der Waals surface area contributed by atoms with E-state index in [2.05, 4.69) is 26.0 Å². The summed E-state index contributed by atoms with van der Waals surface area (Å²) in [5.41, 5.74) is 3.10. The van der Waals surface area contributed by atoms with Crippen LogP contribution in [0.2, 0.25) is 0 Å². The summed E-state index contributed by atoms with van der Waals surface area (Å²) in [6.07, 6.45) is 3.59. The highest BCUT2D eigenvalue weighted by molar-refractivity contribution is 6.06. The number of aromatic nitrogens is 3. The zero-order valence-electron chi connectivity index (χ0n) is 16.9. The van der Waals surface area contributed by atoms with Crippen LogP contribution in [0.4, 0.5) is 11.4 Å². The summed E-state index contributed by atoms with van der Waals surface area (Å²) in [6.45, 7) is 0.215. The maximum absolute atomic E-state index is 12.9. The molecule has 11 heteroatoms. The zero-order valence-corrected chi connectivity index (χ0v) is 16.9. The van der Waals surface area contributed by atoms with E-state index in [4.69, 9.17) is 0 Å². The van der Waals surface area contributed by atoms with Gasteiger partial charge in [-0.2, -0.15) is 5.10 Å². The van der Waals surface area contributed by atoms with Gasteiger partial charge in [0, 0.05) is 29.8 Å². The molecule has 1 aromatic carbocycles. The second-order valence-electron chi connectivity index (χ2n) is 7.61. The van der Waals surface area contributed by atoms with E-state index < -0.39 is 11.9 Å². The Labute approximate surface area is 181 Å². The summed E-state index contributed by atoms with van der Waals surface area (Å²) in [6, 6.07) is 8.00. The van der Waals surface area contributed by atoms with Crippen molar-refractivity contribution in [2.24, 2.45) is 0 Å². The highest BCUT2D eigenvalue weighted by atomic mass is 16.2. The molecule has 3 N–H and O–H groups in total. The Kier molecular flexibility index (Phi) is 4.77. The molecular formula is C21H19N7O4. The van der Waals surface area contributed by atoms with Gasteiger partial charge in [0.2, 0.25) is 17.7 Å². The molecule has 2 aliphatic rings. The van der Waals surface area contributed by atoms with E-state index in [1.54, 1.807) is 41.0 Å². The Bertz CT molecular complexity index is 1270. The standard InChI is InChI=1S/C21H19N7O4/c29-18-7-5-16(20(31)26-18)27-10-14-13(21(27)32)2-1-3-15(14)22-8-19(30)25-12-4-6-17-23-11-24-28(17)9-12/h1-4,6,9,11,16,22H,5,7-8,10H2,(H,25,30)(H,26,29,31). The molecular weight excluding hydrogens is 414 g/mol. The van der Waals surface area contributed by atoms with Gasteiger partial charge in [-0.3, -0.25) is 24.5 Å². The maximum Gasteiger partial charge on any atom is 0.255 e. The Morgan fingerprint density at radius 2 is 2.06 bits per heavy atom.